The average Bonchev–Trinajstić information content (AvgIpc) is 2.64. The third kappa shape index (κ3) is 3.51. The molecular formula is C19H19N3O4. The summed E-state index contributed by atoms with van der Waals surface area (Å²) in [5.74, 6) is -0.705. The number of nitrogens with zero attached hydrogens (tertiary/aromatic N) is 1. The van der Waals surface area contributed by atoms with E-state index in [0.717, 1.165) is 11.3 Å². The molecule has 0 unspecified atom stereocenters. The molecule has 2 aromatic rings. The number of ether oxygens (including phenoxy) is 1. The Kier molecular flexibility index (Phi) is 4.88. The van der Waals surface area contributed by atoms with Crippen molar-refractivity contribution in [1.82, 2.24) is 0 Å². The van der Waals surface area contributed by atoms with Gasteiger partial charge in [-0.15, -0.1) is 0 Å². The van der Waals surface area contributed by atoms with Crippen LogP contribution in [0.15, 0.2) is 42.5 Å². The molecule has 7 heteroatoms. The van der Waals surface area contributed by atoms with Gasteiger partial charge >= 0.3 is 0 Å². The fourth-order valence-corrected chi connectivity index (χ4v) is 2.96. The lowest BCUT2D eigenvalue weighted by molar-refractivity contribution is -0.121. The van der Waals surface area contributed by atoms with E-state index in [1.165, 1.54) is 24.1 Å². The van der Waals surface area contributed by atoms with Gasteiger partial charge in [0.1, 0.15) is 12.3 Å². The van der Waals surface area contributed by atoms with Gasteiger partial charge in [-0.05, 0) is 36.2 Å². The van der Waals surface area contributed by atoms with Crippen LogP contribution in [0.3, 0.4) is 0 Å². The largest absolute Gasteiger partial charge is 0.495 e. The highest BCUT2D eigenvalue weighted by Gasteiger charge is 2.26. The lowest BCUT2D eigenvalue weighted by Crippen LogP contribution is -2.40. The number of hydrogen-bond donors (Lipinski definition) is 2. The quantitative estimate of drug-likeness (QED) is 0.854. The zero-order chi connectivity index (χ0) is 18.7. The molecule has 134 valence electrons. The first-order valence-corrected chi connectivity index (χ1v) is 8.15. The van der Waals surface area contributed by atoms with Crippen molar-refractivity contribution in [3.8, 4) is 5.75 Å². The molecule has 0 radical (unpaired) electrons. The van der Waals surface area contributed by atoms with Gasteiger partial charge < -0.3 is 20.7 Å². The molecule has 3 rings (SSSR count). The third-order valence-corrected chi connectivity index (χ3v) is 4.25. The predicted molar refractivity (Wildman–Crippen MR) is 97.3 cm³/mol. The summed E-state index contributed by atoms with van der Waals surface area (Å²) in [6, 6.07) is 12.0. The molecule has 26 heavy (non-hydrogen) atoms. The molecule has 0 spiro atoms. The molecule has 1 aliphatic heterocycles. The van der Waals surface area contributed by atoms with Gasteiger partial charge in [0.15, 0.2) is 0 Å². The van der Waals surface area contributed by atoms with Crippen molar-refractivity contribution in [2.24, 2.45) is 5.73 Å². The van der Waals surface area contributed by atoms with Gasteiger partial charge in [-0.2, -0.15) is 0 Å². The number of benzene rings is 2. The van der Waals surface area contributed by atoms with Gasteiger partial charge in [0, 0.05) is 17.7 Å². The van der Waals surface area contributed by atoms with E-state index in [4.69, 9.17) is 10.5 Å². The summed E-state index contributed by atoms with van der Waals surface area (Å²) in [4.78, 5) is 37.6. The number of aryl methyl sites for hydroxylation is 1. The summed E-state index contributed by atoms with van der Waals surface area (Å²) in [7, 11) is 1.46. The maximum absolute atomic E-state index is 12.5. The molecule has 1 aliphatic rings. The van der Waals surface area contributed by atoms with Gasteiger partial charge in [-0.3, -0.25) is 14.4 Å². The normalized spacial score (nSPS) is 13.1. The molecule has 0 bridgehead atoms. The van der Waals surface area contributed by atoms with Crippen LogP contribution < -0.4 is 20.7 Å². The third-order valence-electron chi connectivity index (χ3n) is 4.25. The lowest BCUT2D eigenvalue weighted by atomic mass is 10.0. The van der Waals surface area contributed by atoms with Gasteiger partial charge in [-0.1, -0.05) is 18.2 Å². The maximum Gasteiger partial charge on any atom is 0.248 e. The standard InChI is InChI=1S/C19H19N3O4/c1-26-16-8-6-13(19(20)25)10-14(16)21-17(23)11-22-15-5-3-2-4-12(15)7-9-18(22)24/h2-6,8,10H,7,9,11H2,1H3,(H2,20,25)(H,21,23). The van der Waals surface area contributed by atoms with E-state index in [9.17, 15) is 14.4 Å². The first kappa shape index (κ1) is 17.5. The highest BCUT2D eigenvalue weighted by Crippen LogP contribution is 2.28. The number of primary amides is 1. The summed E-state index contributed by atoms with van der Waals surface area (Å²) >= 11 is 0. The number of nitrogens with two attached hydrogens (primary N) is 1. The number of carbonyl (C=O) groups is 3. The van der Waals surface area contributed by atoms with Crippen molar-refractivity contribution in [3.63, 3.8) is 0 Å². The minimum Gasteiger partial charge on any atom is -0.495 e. The number of fused-ring (bicyclic) bond motifs is 1. The maximum atomic E-state index is 12.5. The van der Waals surface area contributed by atoms with Gasteiger partial charge in [-0.25, -0.2) is 0 Å². The van der Waals surface area contributed by atoms with E-state index < -0.39 is 11.8 Å². The molecule has 0 atom stereocenters. The Hall–Kier alpha value is -3.35. The van der Waals surface area contributed by atoms with E-state index >= 15 is 0 Å². The van der Waals surface area contributed by atoms with E-state index in [1.54, 1.807) is 6.07 Å². The molecule has 2 aromatic carbocycles. The number of carbonyl (C=O) groups excluding carboxylic acids is 3. The van der Waals surface area contributed by atoms with Crippen molar-refractivity contribution < 1.29 is 19.1 Å². The summed E-state index contributed by atoms with van der Waals surface area (Å²) in [5.41, 5.74) is 7.64. The van der Waals surface area contributed by atoms with Crippen molar-refractivity contribution in [3.05, 3.63) is 53.6 Å². The molecule has 0 aliphatic carbocycles. The second-order valence-electron chi connectivity index (χ2n) is 5.94. The number of hydrogen-bond acceptors (Lipinski definition) is 4. The van der Waals surface area contributed by atoms with Crippen LogP contribution in [0.4, 0.5) is 11.4 Å². The molecule has 1 heterocycles. The van der Waals surface area contributed by atoms with Crippen LogP contribution in [0.25, 0.3) is 0 Å². The fourth-order valence-electron chi connectivity index (χ4n) is 2.96. The smallest absolute Gasteiger partial charge is 0.248 e. The second-order valence-corrected chi connectivity index (χ2v) is 5.94. The number of anilines is 2. The van der Waals surface area contributed by atoms with E-state index in [2.05, 4.69) is 5.32 Å². The molecule has 3 amide bonds. The highest BCUT2D eigenvalue weighted by molar-refractivity contribution is 6.05. The van der Waals surface area contributed by atoms with Crippen molar-refractivity contribution in [2.45, 2.75) is 12.8 Å². The molecule has 0 saturated heterocycles. The summed E-state index contributed by atoms with van der Waals surface area (Å²) in [5, 5.41) is 2.69. The minimum absolute atomic E-state index is 0.100. The van der Waals surface area contributed by atoms with E-state index in [1.807, 2.05) is 24.3 Å². The van der Waals surface area contributed by atoms with Gasteiger partial charge in [0.05, 0.1) is 12.8 Å². The van der Waals surface area contributed by atoms with Crippen molar-refractivity contribution in [1.29, 1.82) is 0 Å². The number of methoxy groups -OCH3 is 1. The Morgan fingerprint density at radius 3 is 2.69 bits per heavy atom. The van der Waals surface area contributed by atoms with Gasteiger partial charge in [0.2, 0.25) is 17.7 Å². The number of para-hydroxylation sites is 1. The fraction of sp³-hybridized carbons (Fsp3) is 0.211. The van der Waals surface area contributed by atoms with E-state index in [0.29, 0.717) is 24.3 Å². The Bertz CT molecular complexity index is 879. The number of nitrogens with one attached hydrogen (secondary N) is 1. The zero-order valence-corrected chi connectivity index (χ0v) is 14.3. The van der Waals surface area contributed by atoms with Crippen LogP contribution >= 0.6 is 0 Å². The van der Waals surface area contributed by atoms with Crippen molar-refractivity contribution in [2.75, 3.05) is 23.9 Å². The Morgan fingerprint density at radius 1 is 1.19 bits per heavy atom. The lowest BCUT2D eigenvalue weighted by Gasteiger charge is -2.28. The van der Waals surface area contributed by atoms with E-state index in [-0.39, 0.29) is 18.0 Å². The summed E-state index contributed by atoms with van der Waals surface area (Å²) in [6.07, 6.45) is 1.03. The van der Waals surface area contributed by atoms with Crippen LogP contribution in [-0.2, 0) is 16.0 Å². The predicted octanol–water partition coefficient (Wildman–Crippen LogP) is 1.71. The van der Waals surface area contributed by atoms with Crippen LogP contribution in [0.2, 0.25) is 0 Å². The second kappa shape index (κ2) is 7.26. The zero-order valence-electron chi connectivity index (χ0n) is 14.3. The molecule has 0 aromatic heterocycles. The number of rotatable bonds is 5. The Labute approximate surface area is 150 Å². The average molecular weight is 353 g/mol. The van der Waals surface area contributed by atoms with Crippen LogP contribution in [-0.4, -0.2) is 31.4 Å². The monoisotopic (exact) mass is 353 g/mol. The van der Waals surface area contributed by atoms with Crippen LogP contribution in [0.1, 0.15) is 22.3 Å². The SMILES string of the molecule is COc1ccc(C(N)=O)cc1NC(=O)CN1C(=O)CCc2ccccc21. The summed E-state index contributed by atoms with van der Waals surface area (Å²) < 4.78 is 5.20. The minimum atomic E-state index is -0.608. The number of amides is 3. The molecule has 3 N–H and O–H groups in total. The Balaban J connectivity index is 1.80. The van der Waals surface area contributed by atoms with Gasteiger partial charge in [0.25, 0.3) is 0 Å². The topological polar surface area (TPSA) is 102 Å². The van der Waals surface area contributed by atoms with Crippen LogP contribution in [0, 0.1) is 0 Å². The molecular weight excluding hydrogens is 334 g/mol. The van der Waals surface area contributed by atoms with Crippen molar-refractivity contribution >= 4 is 29.1 Å². The highest BCUT2D eigenvalue weighted by atomic mass is 16.5. The summed E-state index contributed by atoms with van der Waals surface area (Å²) in [6.45, 7) is -0.125. The van der Waals surface area contributed by atoms with Crippen LogP contribution in [0.5, 0.6) is 5.75 Å². The first-order chi connectivity index (χ1) is 12.5. The first-order valence-electron chi connectivity index (χ1n) is 8.15. The Morgan fingerprint density at radius 2 is 1.96 bits per heavy atom. The molecule has 7 nitrogen and oxygen atoms in total. The molecule has 0 fully saturated rings. The molecule has 0 saturated carbocycles.